The van der Waals surface area contributed by atoms with Crippen molar-refractivity contribution in [3.63, 3.8) is 0 Å². The summed E-state index contributed by atoms with van der Waals surface area (Å²) in [6, 6.07) is -0.0694. The minimum absolute atomic E-state index is 0.0694. The van der Waals surface area contributed by atoms with Gasteiger partial charge in [-0.1, -0.05) is 0 Å². The Morgan fingerprint density at radius 3 is 2.29 bits per heavy atom. The lowest BCUT2D eigenvalue weighted by molar-refractivity contribution is -0.118. The maximum Gasteiger partial charge on any atom is 0.147 e. The summed E-state index contributed by atoms with van der Waals surface area (Å²) < 4.78 is 2.63. The van der Waals surface area contributed by atoms with Gasteiger partial charge in [-0.3, -0.25) is 4.79 Å². The molecule has 0 saturated carbocycles. The summed E-state index contributed by atoms with van der Waals surface area (Å²) in [7, 11) is 0. The zero-order valence-corrected chi connectivity index (χ0v) is 5.95. The van der Waals surface area contributed by atoms with Crippen LogP contribution in [0, 0.1) is 0 Å². The fourth-order valence-corrected chi connectivity index (χ4v) is 0.399. The molecule has 0 saturated heterocycles. The number of carbonyl (C=O) groups is 1. The lowest BCUT2D eigenvalue weighted by atomic mass is 10.3. The van der Waals surface area contributed by atoms with Gasteiger partial charge in [-0.15, -0.1) is 0 Å². The third kappa shape index (κ3) is 2.76. The monoisotopic (exact) mass is 165 g/mol. The van der Waals surface area contributed by atoms with E-state index in [1.54, 1.807) is 13.8 Å². The second kappa shape index (κ2) is 3.16. The molecule has 0 fully saturated rings. The number of halogens is 1. The normalized spacial score (nSPS) is 13.6. The van der Waals surface area contributed by atoms with E-state index in [1.165, 1.54) is 0 Å². The lowest BCUT2D eigenvalue weighted by Crippen LogP contribution is -2.23. The predicted octanol–water partition coefficient (Wildman–Crippen LogP) is 0.863. The third-order valence-corrected chi connectivity index (χ3v) is 1.46. The van der Waals surface area contributed by atoms with Crippen molar-refractivity contribution in [3.05, 3.63) is 0 Å². The van der Waals surface area contributed by atoms with Crippen LogP contribution in [0.15, 0.2) is 0 Å². The predicted molar refractivity (Wildman–Crippen MR) is 32.2 cm³/mol. The van der Waals surface area contributed by atoms with E-state index in [4.69, 9.17) is 0 Å². The number of Topliss-reactive ketones (excluding diaryl/α,β-unsaturated/α-hetero) is 1. The van der Waals surface area contributed by atoms with Gasteiger partial charge in [0.1, 0.15) is 5.78 Å². The van der Waals surface area contributed by atoms with Gasteiger partial charge in [0.05, 0.1) is 6.04 Å². The van der Waals surface area contributed by atoms with Crippen molar-refractivity contribution in [2.45, 2.75) is 19.9 Å². The first kappa shape index (κ1) is 7.11. The zero-order valence-electron chi connectivity index (χ0n) is 4.36. The molecule has 0 rings (SSSR count). The van der Waals surface area contributed by atoms with Crippen molar-refractivity contribution in [2.24, 2.45) is 0 Å². The highest BCUT2D eigenvalue weighted by molar-refractivity contribution is 9.08. The number of hydrogen-bond acceptors (Lipinski definition) is 2. The van der Waals surface area contributed by atoms with Gasteiger partial charge < -0.3 is 0 Å². The van der Waals surface area contributed by atoms with Crippen LogP contribution in [0.25, 0.3) is 0 Å². The van der Waals surface area contributed by atoms with Crippen LogP contribution in [0.3, 0.4) is 0 Å². The lowest BCUT2D eigenvalue weighted by Gasteiger charge is -1.99. The summed E-state index contributed by atoms with van der Waals surface area (Å²) in [5, 5.41) is 0. The molecule has 1 N–H and O–H groups in total. The maximum absolute atomic E-state index is 10.3. The van der Waals surface area contributed by atoms with Crippen molar-refractivity contribution >= 4 is 21.9 Å². The Kier molecular flexibility index (Phi) is 3.21. The summed E-state index contributed by atoms with van der Waals surface area (Å²) in [6.07, 6.45) is 0. The van der Waals surface area contributed by atoms with Crippen LogP contribution < -0.4 is 4.34 Å². The summed E-state index contributed by atoms with van der Waals surface area (Å²) in [5.74, 6) is 0.136. The molecule has 1 atom stereocenters. The fraction of sp³-hybridized carbons (Fsp3) is 0.750. The van der Waals surface area contributed by atoms with Crippen molar-refractivity contribution in [1.82, 2.24) is 4.34 Å². The van der Waals surface area contributed by atoms with E-state index in [0.717, 1.165) is 0 Å². The van der Waals surface area contributed by atoms with Crippen molar-refractivity contribution < 1.29 is 4.79 Å². The topological polar surface area (TPSA) is 29.1 Å². The smallest absolute Gasteiger partial charge is 0.147 e. The molecule has 0 aliphatic rings. The van der Waals surface area contributed by atoms with Crippen LogP contribution in [0.1, 0.15) is 13.8 Å². The summed E-state index contributed by atoms with van der Waals surface area (Å²) in [6.45, 7) is 3.33. The molecule has 0 bridgehead atoms. The molecule has 0 radical (unpaired) electrons. The minimum Gasteiger partial charge on any atom is -0.298 e. The molecule has 42 valence electrons. The van der Waals surface area contributed by atoms with Gasteiger partial charge in [0.15, 0.2) is 0 Å². The molecule has 0 spiro atoms. The average molecular weight is 166 g/mol. The highest BCUT2D eigenvalue weighted by Gasteiger charge is 2.01. The summed E-state index contributed by atoms with van der Waals surface area (Å²) >= 11 is 2.94. The molecule has 0 heterocycles. The van der Waals surface area contributed by atoms with E-state index >= 15 is 0 Å². The molecule has 0 aromatic rings. The summed E-state index contributed by atoms with van der Waals surface area (Å²) in [4.78, 5) is 10.3. The Bertz CT molecular complexity index is 74.1. The highest BCUT2D eigenvalue weighted by atomic mass is 79.9. The Hall–Kier alpha value is 0.110. The zero-order chi connectivity index (χ0) is 5.86. The molecule has 0 aromatic heterocycles. The Morgan fingerprint density at radius 2 is 2.29 bits per heavy atom. The number of hydrogen-bond donors (Lipinski definition) is 1. The summed E-state index contributed by atoms with van der Waals surface area (Å²) in [5.41, 5.74) is 0. The maximum atomic E-state index is 10.3. The first-order chi connectivity index (χ1) is 3.18. The molecule has 7 heavy (non-hydrogen) atoms. The quantitative estimate of drug-likeness (QED) is 0.616. The van der Waals surface area contributed by atoms with Crippen LogP contribution in [-0.4, -0.2) is 11.8 Å². The fourth-order valence-electron chi connectivity index (χ4n) is 0.0768. The standard InChI is InChI=1S/C4H8BrNO/c1-3(6-5)4(2)7/h3,6H,1-2H3. The second-order valence-electron chi connectivity index (χ2n) is 1.44. The van der Waals surface area contributed by atoms with Gasteiger partial charge in [0.2, 0.25) is 0 Å². The van der Waals surface area contributed by atoms with Gasteiger partial charge in [0.25, 0.3) is 0 Å². The molecular weight excluding hydrogens is 158 g/mol. The molecule has 0 amide bonds. The molecule has 0 aromatic carbocycles. The number of rotatable bonds is 2. The van der Waals surface area contributed by atoms with Gasteiger partial charge in [-0.25, -0.2) is 4.34 Å². The van der Waals surface area contributed by atoms with E-state index < -0.39 is 0 Å². The number of ketones is 1. The number of carbonyl (C=O) groups excluding carboxylic acids is 1. The molecule has 0 aliphatic carbocycles. The van der Waals surface area contributed by atoms with Gasteiger partial charge >= 0.3 is 0 Å². The molecular formula is C4H8BrNO. The van der Waals surface area contributed by atoms with Crippen LogP contribution in [-0.2, 0) is 4.79 Å². The second-order valence-corrected chi connectivity index (χ2v) is 1.90. The van der Waals surface area contributed by atoms with Crippen LogP contribution in [0.5, 0.6) is 0 Å². The largest absolute Gasteiger partial charge is 0.298 e. The SMILES string of the molecule is CC(=O)C(C)NBr. The first-order valence-corrected chi connectivity index (χ1v) is 2.84. The molecule has 1 unspecified atom stereocenters. The van der Waals surface area contributed by atoms with Crippen LogP contribution in [0.2, 0.25) is 0 Å². The molecule has 2 nitrogen and oxygen atoms in total. The minimum atomic E-state index is -0.0694. The number of nitrogens with one attached hydrogen (secondary N) is 1. The van der Waals surface area contributed by atoms with E-state index in [1.807, 2.05) is 0 Å². The van der Waals surface area contributed by atoms with Gasteiger partial charge in [0, 0.05) is 16.1 Å². The molecule has 0 aliphatic heterocycles. The van der Waals surface area contributed by atoms with E-state index in [0.29, 0.717) is 0 Å². The Labute approximate surface area is 51.6 Å². The highest BCUT2D eigenvalue weighted by Crippen LogP contribution is 1.84. The van der Waals surface area contributed by atoms with Gasteiger partial charge in [-0.2, -0.15) is 0 Å². The van der Waals surface area contributed by atoms with Crippen molar-refractivity contribution in [1.29, 1.82) is 0 Å². The Morgan fingerprint density at radius 1 is 1.86 bits per heavy atom. The van der Waals surface area contributed by atoms with Crippen molar-refractivity contribution in [2.75, 3.05) is 0 Å². The van der Waals surface area contributed by atoms with E-state index in [9.17, 15) is 4.79 Å². The van der Waals surface area contributed by atoms with E-state index in [-0.39, 0.29) is 11.8 Å². The van der Waals surface area contributed by atoms with Crippen LogP contribution in [0.4, 0.5) is 0 Å². The average Bonchev–Trinajstić information content (AvgIpc) is 1.65. The van der Waals surface area contributed by atoms with E-state index in [2.05, 4.69) is 20.5 Å². The first-order valence-electron chi connectivity index (χ1n) is 2.05. The Balaban J connectivity index is 3.34. The van der Waals surface area contributed by atoms with Crippen molar-refractivity contribution in [3.8, 4) is 0 Å². The van der Waals surface area contributed by atoms with Gasteiger partial charge in [-0.05, 0) is 13.8 Å². The molecule has 3 heteroatoms. The third-order valence-electron chi connectivity index (χ3n) is 0.773. The van der Waals surface area contributed by atoms with Crippen LogP contribution >= 0.6 is 16.1 Å².